The van der Waals surface area contributed by atoms with Crippen LogP contribution in [0.15, 0.2) is 30.6 Å². The highest BCUT2D eigenvalue weighted by molar-refractivity contribution is 5.83. The Labute approximate surface area is 123 Å². The summed E-state index contributed by atoms with van der Waals surface area (Å²) >= 11 is 0. The molecule has 108 valence electrons. The smallest absolute Gasteiger partial charge is 0.226 e. The molecule has 6 heteroatoms. The average molecular weight is 282 g/mol. The number of nitrogens with one attached hydrogen (secondary N) is 3. The molecule has 0 spiro atoms. The molecule has 0 aliphatic carbocycles. The van der Waals surface area contributed by atoms with Gasteiger partial charge < -0.3 is 15.6 Å². The number of nitrogens with zero attached hydrogens (tertiary/aromatic N) is 3. The van der Waals surface area contributed by atoms with Crippen LogP contribution >= 0.6 is 0 Å². The fourth-order valence-electron chi connectivity index (χ4n) is 2.15. The minimum absolute atomic E-state index is 0.554. The van der Waals surface area contributed by atoms with Crippen LogP contribution in [0.25, 0.3) is 11.2 Å². The van der Waals surface area contributed by atoms with E-state index in [1.807, 2.05) is 0 Å². The number of hydrogen-bond donors (Lipinski definition) is 3. The molecule has 0 saturated carbocycles. The van der Waals surface area contributed by atoms with E-state index in [4.69, 9.17) is 0 Å². The van der Waals surface area contributed by atoms with E-state index in [9.17, 15) is 0 Å². The Morgan fingerprint density at radius 3 is 2.57 bits per heavy atom. The van der Waals surface area contributed by atoms with E-state index in [0.29, 0.717) is 18.1 Å². The maximum atomic E-state index is 4.44. The zero-order valence-electron chi connectivity index (χ0n) is 12.1. The summed E-state index contributed by atoms with van der Waals surface area (Å²) in [6.45, 7) is 2.86. The van der Waals surface area contributed by atoms with Gasteiger partial charge >= 0.3 is 0 Å². The van der Waals surface area contributed by atoms with Gasteiger partial charge in [-0.1, -0.05) is 31.2 Å². The van der Waals surface area contributed by atoms with Crippen LogP contribution in [0.3, 0.4) is 0 Å². The van der Waals surface area contributed by atoms with Crippen LogP contribution in [0, 0.1) is 0 Å². The largest absolute Gasteiger partial charge is 0.364 e. The number of rotatable bonds is 5. The van der Waals surface area contributed by atoms with Crippen molar-refractivity contribution in [1.29, 1.82) is 0 Å². The molecule has 0 saturated heterocycles. The highest BCUT2D eigenvalue weighted by atomic mass is 15.2. The van der Waals surface area contributed by atoms with E-state index in [0.717, 1.165) is 17.8 Å². The van der Waals surface area contributed by atoms with Gasteiger partial charge in [-0.3, -0.25) is 0 Å². The van der Waals surface area contributed by atoms with Crippen LogP contribution in [0.2, 0.25) is 0 Å². The number of aromatic nitrogens is 4. The molecule has 3 N–H and O–H groups in total. The van der Waals surface area contributed by atoms with Crippen molar-refractivity contribution in [3.05, 3.63) is 41.7 Å². The third kappa shape index (κ3) is 2.79. The number of benzene rings is 1. The van der Waals surface area contributed by atoms with Crippen LogP contribution in [0.1, 0.15) is 18.1 Å². The van der Waals surface area contributed by atoms with Gasteiger partial charge in [0, 0.05) is 13.6 Å². The molecule has 0 aliphatic heterocycles. The topological polar surface area (TPSA) is 78.5 Å². The van der Waals surface area contributed by atoms with E-state index < -0.39 is 0 Å². The highest BCUT2D eigenvalue weighted by Gasteiger charge is 2.08. The van der Waals surface area contributed by atoms with Crippen molar-refractivity contribution in [2.24, 2.45) is 0 Å². The third-order valence-corrected chi connectivity index (χ3v) is 3.40. The first-order valence-corrected chi connectivity index (χ1v) is 7.00. The molecule has 2 aromatic heterocycles. The molecule has 0 bridgehead atoms. The van der Waals surface area contributed by atoms with Gasteiger partial charge in [0.15, 0.2) is 11.5 Å². The Morgan fingerprint density at radius 2 is 1.86 bits per heavy atom. The second-order valence-corrected chi connectivity index (χ2v) is 4.77. The molecule has 3 aromatic rings. The lowest BCUT2D eigenvalue weighted by atomic mass is 10.1. The summed E-state index contributed by atoms with van der Waals surface area (Å²) in [5.41, 5.74) is 4.02. The standard InChI is InChI=1S/C15H18N6/c1-3-10-4-6-11(7-5-10)8-17-13-12-14(19-9-18-12)21-15(16-2)20-13/h4-7,9H,3,8H2,1-2H3,(H3,16,17,18,19,20,21). The summed E-state index contributed by atoms with van der Waals surface area (Å²) in [5.74, 6) is 1.31. The number of aryl methyl sites for hydroxylation is 1. The molecule has 0 amide bonds. The zero-order chi connectivity index (χ0) is 14.7. The summed E-state index contributed by atoms with van der Waals surface area (Å²) in [4.78, 5) is 16.0. The van der Waals surface area contributed by atoms with Gasteiger partial charge in [-0.2, -0.15) is 9.97 Å². The highest BCUT2D eigenvalue weighted by Crippen LogP contribution is 2.19. The first-order valence-electron chi connectivity index (χ1n) is 7.00. The second kappa shape index (κ2) is 5.78. The minimum atomic E-state index is 0.554. The fourth-order valence-corrected chi connectivity index (χ4v) is 2.15. The van der Waals surface area contributed by atoms with Gasteiger partial charge in [-0.25, -0.2) is 4.98 Å². The number of H-pyrrole nitrogens is 1. The van der Waals surface area contributed by atoms with E-state index in [-0.39, 0.29) is 0 Å². The van der Waals surface area contributed by atoms with Crippen molar-refractivity contribution in [2.75, 3.05) is 17.7 Å². The Kier molecular flexibility index (Phi) is 3.68. The van der Waals surface area contributed by atoms with Crippen molar-refractivity contribution in [3.63, 3.8) is 0 Å². The quantitative estimate of drug-likeness (QED) is 0.670. The van der Waals surface area contributed by atoms with Crippen molar-refractivity contribution in [1.82, 2.24) is 19.9 Å². The molecule has 0 fully saturated rings. The van der Waals surface area contributed by atoms with Crippen molar-refractivity contribution < 1.29 is 0 Å². The summed E-state index contributed by atoms with van der Waals surface area (Å²) in [7, 11) is 1.79. The van der Waals surface area contributed by atoms with E-state index in [2.05, 4.69) is 61.8 Å². The summed E-state index contributed by atoms with van der Waals surface area (Å²) in [6, 6.07) is 8.58. The van der Waals surface area contributed by atoms with Gasteiger partial charge in [0.1, 0.15) is 5.52 Å². The molecule has 0 atom stereocenters. The molecule has 0 unspecified atom stereocenters. The average Bonchev–Trinajstić information content (AvgIpc) is 3.01. The lowest BCUT2D eigenvalue weighted by Gasteiger charge is -2.08. The molecule has 1 aromatic carbocycles. The van der Waals surface area contributed by atoms with E-state index >= 15 is 0 Å². The SMILES string of the molecule is CCc1ccc(CNc2nc(NC)nc3nc[nH]c23)cc1. The van der Waals surface area contributed by atoms with Gasteiger partial charge in [0.25, 0.3) is 0 Å². The maximum absolute atomic E-state index is 4.44. The molecule has 3 rings (SSSR count). The Balaban J connectivity index is 1.81. The van der Waals surface area contributed by atoms with Crippen LogP contribution in [-0.4, -0.2) is 27.0 Å². The Morgan fingerprint density at radius 1 is 1.10 bits per heavy atom. The number of hydrogen-bond acceptors (Lipinski definition) is 5. The van der Waals surface area contributed by atoms with E-state index in [1.54, 1.807) is 13.4 Å². The molecule has 0 radical (unpaired) electrons. The van der Waals surface area contributed by atoms with Gasteiger partial charge in [0.2, 0.25) is 5.95 Å². The number of imidazole rings is 1. The van der Waals surface area contributed by atoms with Gasteiger partial charge in [-0.15, -0.1) is 0 Å². The second-order valence-electron chi connectivity index (χ2n) is 4.77. The fraction of sp³-hybridized carbons (Fsp3) is 0.267. The Hall–Kier alpha value is -2.63. The number of aromatic amines is 1. The maximum Gasteiger partial charge on any atom is 0.226 e. The number of fused-ring (bicyclic) bond motifs is 1. The summed E-state index contributed by atoms with van der Waals surface area (Å²) in [6.07, 6.45) is 2.68. The molecule has 2 heterocycles. The van der Waals surface area contributed by atoms with Gasteiger partial charge in [0.05, 0.1) is 6.33 Å². The minimum Gasteiger partial charge on any atom is -0.364 e. The number of anilines is 2. The lowest BCUT2D eigenvalue weighted by Crippen LogP contribution is -2.05. The first-order chi connectivity index (χ1) is 10.3. The summed E-state index contributed by atoms with van der Waals surface area (Å²) in [5, 5.41) is 6.29. The molecular weight excluding hydrogens is 264 g/mol. The first kappa shape index (κ1) is 13.4. The predicted octanol–water partition coefficient (Wildman–Crippen LogP) is 2.57. The van der Waals surface area contributed by atoms with Crippen LogP contribution in [0.5, 0.6) is 0 Å². The van der Waals surface area contributed by atoms with E-state index in [1.165, 1.54) is 11.1 Å². The molecule has 21 heavy (non-hydrogen) atoms. The molecular formula is C15H18N6. The van der Waals surface area contributed by atoms with Crippen LogP contribution in [-0.2, 0) is 13.0 Å². The van der Waals surface area contributed by atoms with Crippen molar-refractivity contribution in [3.8, 4) is 0 Å². The monoisotopic (exact) mass is 282 g/mol. The summed E-state index contributed by atoms with van der Waals surface area (Å²) < 4.78 is 0. The van der Waals surface area contributed by atoms with Crippen molar-refractivity contribution >= 4 is 22.9 Å². The molecule has 6 nitrogen and oxygen atoms in total. The van der Waals surface area contributed by atoms with Crippen molar-refractivity contribution in [2.45, 2.75) is 19.9 Å². The predicted molar refractivity (Wildman–Crippen MR) is 84.4 cm³/mol. The normalized spacial score (nSPS) is 10.8. The Bertz CT molecular complexity index is 732. The van der Waals surface area contributed by atoms with Crippen LogP contribution in [0.4, 0.5) is 11.8 Å². The van der Waals surface area contributed by atoms with Crippen LogP contribution < -0.4 is 10.6 Å². The molecule has 0 aliphatic rings. The third-order valence-electron chi connectivity index (χ3n) is 3.40. The van der Waals surface area contributed by atoms with Gasteiger partial charge in [-0.05, 0) is 17.5 Å². The zero-order valence-corrected chi connectivity index (χ0v) is 12.1. The lowest BCUT2D eigenvalue weighted by molar-refractivity contribution is 1.08.